The van der Waals surface area contributed by atoms with Gasteiger partial charge < -0.3 is 15.7 Å². The van der Waals surface area contributed by atoms with Crippen molar-refractivity contribution in [1.82, 2.24) is 15.1 Å². The van der Waals surface area contributed by atoms with Crippen molar-refractivity contribution in [3.8, 4) is 0 Å². The van der Waals surface area contributed by atoms with Crippen LogP contribution in [0.3, 0.4) is 0 Å². The van der Waals surface area contributed by atoms with E-state index in [0.29, 0.717) is 5.92 Å². The van der Waals surface area contributed by atoms with Crippen molar-refractivity contribution < 1.29 is 5.11 Å². The summed E-state index contributed by atoms with van der Waals surface area (Å²) in [6.45, 7) is 2.76. The number of rotatable bonds is 5. The number of aryl methyl sites for hydroxylation is 1. The lowest BCUT2D eigenvalue weighted by Crippen LogP contribution is -2.35. The molecule has 128 valence electrons. The van der Waals surface area contributed by atoms with Gasteiger partial charge in [0.25, 0.3) is 0 Å². The van der Waals surface area contributed by atoms with Gasteiger partial charge in [0, 0.05) is 43.8 Å². The number of hydrogen-bond acceptors (Lipinski definition) is 4. The number of aromatic nitrogens is 2. The third kappa shape index (κ3) is 3.32. The molecule has 0 spiro atoms. The van der Waals surface area contributed by atoms with E-state index in [1.165, 1.54) is 23.2 Å². The summed E-state index contributed by atoms with van der Waals surface area (Å²) in [5.41, 5.74) is 4.04. The van der Waals surface area contributed by atoms with E-state index < -0.39 is 0 Å². The minimum absolute atomic E-state index is 0.171. The molecule has 2 heterocycles. The first-order chi connectivity index (χ1) is 11.8. The van der Waals surface area contributed by atoms with Crippen LogP contribution in [-0.2, 0) is 19.5 Å². The third-order valence-electron chi connectivity index (χ3n) is 5.35. The SMILES string of the molecule is O[C@@H]1CC(Cn2cccn2)C[C@H]1NCc1cccc2c1NCCC2. The predicted octanol–water partition coefficient (Wildman–Crippen LogP) is 2.17. The van der Waals surface area contributed by atoms with Crippen LogP contribution in [0.2, 0.25) is 0 Å². The van der Waals surface area contributed by atoms with Gasteiger partial charge in [-0.2, -0.15) is 5.10 Å². The van der Waals surface area contributed by atoms with Gasteiger partial charge in [-0.15, -0.1) is 0 Å². The second-order valence-electron chi connectivity index (χ2n) is 7.10. The molecule has 1 unspecified atom stereocenters. The monoisotopic (exact) mass is 326 g/mol. The molecule has 3 N–H and O–H groups in total. The maximum absolute atomic E-state index is 10.4. The quantitative estimate of drug-likeness (QED) is 0.788. The second kappa shape index (κ2) is 6.95. The Morgan fingerprint density at radius 2 is 2.25 bits per heavy atom. The molecule has 1 aliphatic carbocycles. The predicted molar refractivity (Wildman–Crippen MR) is 94.8 cm³/mol. The Morgan fingerprint density at radius 1 is 1.29 bits per heavy atom. The molecule has 1 aliphatic heterocycles. The molecule has 5 heteroatoms. The number of hydrogen-bond donors (Lipinski definition) is 3. The van der Waals surface area contributed by atoms with Crippen LogP contribution in [0.1, 0.15) is 30.4 Å². The Balaban J connectivity index is 1.36. The molecule has 2 aliphatic rings. The van der Waals surface area contributed by atoms with Gasteiger partial charge in [-0.25, -0.2) is 0 Å². The van der Waals surface area contributed by atoms with E-state index in [2.05, 4.69) is 33.9 Å². The van der Waals surface area contributed by atoms with Gasteiger partial charge in [-0.05, 0) is 48.8 Å². The fourth-order valence-corrected chi connectivity index (χ4v) is 4.13. The van der Waals surface area contributed by atoms with E-state index in [-0.39, 0.29) is 12.1 Å². The Morgan fingerprint density at radius 3 is 3.12 bits per heavy atom. The van der Waals surface area contributed by atoms with E-state index in [9.17, 15) is 5.11 Å². The van der Waals surface area contributed by atoms with Crippen molar-refractivity contribution in [3.05, 3.63) is 47.8 Å². The number of benzene rings is 1. The molecule has 1 saturated carbocycles. The van der Waals surface area contributed by atoms with E-state index in [1.807, 2.05) is 23.1 Å². The summed E-state index contributed by atoms with van der Waals surface area (Å²) in [7, 11) is 0. The molecule has 1 aromatic heterocycles. The molecule has 4 rings (SSSR count). The first-order valence-electron chi connectivity index (χ1n) is 9.03. The zero-order valence-corrected chi connectivity index (χ0v) is 14.0. The fourth-order valence-electron chi connectivity index (χ4n) is 4.13. The Labute approximate surface area is 143 Å². The third-order valence-corrected chi connectivity index (χ3v) is 5.35. The van der Waals surface area contributed by atoms with Crippen LogP contribution >= 0.6 is 0 Å². The van der Waals surface area contributed by atoms with Crippen LogP contribution in [0, 0.1) is 5.92 Å². The summed E-state index contributed by atoms with van der Waals surface area (Å²) in [5, 5.41) is 21.8. The first kappa shape index (κ1) is 15.7. The topological polar surface area (TPSA) is 62.1 Å². The van der Waals surface area contributed by atoms with Crippen LogP contribution in [0.4, 0.5) is 5.69 Å². The molecule has 0 saturated heterocycles. The minimum Gasteiger partial charge on any atom is -0.391 e. The molecule has 24 heavy (non-hydrogen) atoms. The standard InChI is InChI=1S/C19H26N4O/c24-18-11-14(13-23-9-3-8-22-23)10-17(18)21-12-16-5-1-4-15-6-2-7-20-19(15)16/h1,3-5,8-9,14,17-18,20-21,24H,2,6-7,10-13H2/t14?,17-,18-/m1/s1. The number of aliphatic hydroxyl groups excluding tert-OH is 1. The highest BCUT2D eigenvalue weighted by atomic mass is 16.3. The zero-order valence-electron chi connectivity index (χ0n) is 14.0. The van der Waals surface area contributed by atoms with E-state index in [0.717, 1.165) is 38.9 Å². The van der Waals surface area contributed by atoms with Crippen LogP contribution in [0.5, 0.6) is 0 Å². The Hall–Kier alpha value is -1.85. The van der Waals surface area contributed by atoms with Crippen molar-refractivity contribution in [1.29, 1.82) is 0 Å². The lowest BCUT2D eigenvalue weighted by atomic mass is 9.99. The van der Waals surface area contributed by atoms with Crippen LogP contribution < -0.4 is 10.6 Å². The van der Waals surface area contributed by atoms with Crippen molar-refractivity contribution >= 4 is 5.69 Å². The molecule has 3 atom stereocenters. The minimum atomic E-state index is -0.266. The molecule has 0 radical (unpaired) electrons. The van der Waals surface area contributed by atoms with E-state index in [4.69, 9.17) is 0 Å². The van der Waals surface area contributed by atoms with Crippen molar-refractivity contribution in [3.63, 3.8) is 0 Å². The average molecular weight is 326 g/mol. The highest BCUT2D eigenvalue weighted by molar-refractivity contribution is 5.59. The van der Waals surface area contributed by atoms with Gasteiger partial charge >= 0.3 is 0 Å². The molecule has 5 nitrogen and oxygen atoms in total. The maximum atomic E-state index is 10.4. The van der Waals surface area contributed by atoms with Crippen molar-refractivity contribution in [2.75, 3.05) is 11.9 Å². The Bertz CT molecular complexity index is 670. The summed E-state index contributed by atoms with van der Waals surface area (Å²) in [6, 6.07) is 8.67. The van der Waals surface area contributed by atoms with Gasteiger partial charge in [0.2, 0.25) is 0 Å². The van der Waals surface area contributed by atoms with Gasteiger partial charge in [0.1, 0.15) is 0 Å². The summed E-state index contributed by atoms with van der Waals surface area (Å²) in [4.78, 5) is 0. The molecule has 1 fully saturated rings. The summed E-state index contributed by atoms with van der Waals surface area (Å²) in [5.74, 6) is 0.486. The average Bonchev–Trinajstić information content (AvgIpc) is 3.23. The lowest BCUT2D eigenvalue weighted by molar-refractivity contribution is 0.145. The highest BCUT2D eigenvalue weighted by Gasteiger charge is 2.32. The number of anilines is 1. The Kier molecular flexibility index (Phi) is 4.54. The van der Waals surface area contributed by atoms with Crippen molar-refractivity contribution in [2.45, 2.75) is 50.9 Å². The lowest BCUT2D eigenvalue weighted by Gasteiger charge is -2.23. The highest BCUT2D eigenvalue weighted by Crippen LogP contribution is 2.29. The van der Waals surface area contributed by atoms with Gasteiger partial charge in [0.05, 0.1) is 6.10 Å². The number of para-hydroxylation sites is 1. The van der Waals surface area contributed by atoms with Crippen molar-refractivity contribution in [2.24, 2.45) is 5.92 Å². The molecule has 2 aromatic rings. The number of fused-ring (bicyclic) bond motifs is 1. The smallest absolute Gasteiger partial charge is 0.0696 e. The number of nitrogens with one attached hydrogen (secondary N) is 2. The van der Waals surface area contributed by atoms with Crippen LogP contribution in [0.15, 0.2) is 36.7 Å². The molecule has 0 amide bonds. The summed E-state index contributed by atoms with van der Waals surface area (Å²) >= 11 is 0. The van der Waals surface area contributed by atoms with E-state index >= 15 is 0 Å². The zero-order chi connectivity index (χ0) is 16.4. The van der Waals surface area contributed by atoms with Crippen LogP contribution in [0.25, 0.3) is 0 Å². The van der Waals surface area contributed by atoms with Gasteiger partial charge in [-0.1, -0.05) is 18.2 Å². The molecular weight excluding hydrogens is 300 g/mol. The first-order valence-corrected chi connectivity index (χ1v) is 9.03. The number of aliphatic hydroxyl groups is 1. The largest absolute Gasteiger partial charge is 0.391 e. The van der Waals surface area contributed by atoms with Crippen LogP contribution in [-0.4, -0.2) is 33.6 Å². The second-order valence-corrected chi connectivity index (χ2v) is 7.10. The van der Waals surface area contributed by atoms with Gasteiger partial charge in [-0.3, -0.25) is 4.68 Å². The molecule has 0 bridgehead atoms. The normalized spacial score (nSPS) is 26.1. The maximum Gasteiger partial charge on any atom is 0.0696 e. The summed E-state index contributed by atoms with van der Waals surface area (Å²) < 4.78 is 1.97. The summed E-state index contributed by atoms with van der Waals surface area (Å²) in [6.07, 6.45) is 7.76. The molecular formula is C19H26N4O. The van der Waals surface area contributed by atoms with E-state index in [1.54, 1.807) is 0 Å². The number of nitrogens with zero attached hydrogens (tertiary/aromatic N) is 2. The fraction of sp³-hybridized carbons (Fsp3) is 0.526. The van der Waals surface area contributed by atoms with Gasteiger partial charge in [0.15, 0.2) is 0 Å². The molecule has 1 aromatic carbocycles.